The van der Waals surface area contributed by atoms with Gasteiger partial charge in [-0.25, -0.2) is 4.98 Å². The quantitative estimate of drug-likeness (QED) is 0.799. The Hall–Kier alpha value is -1.72. The van der Waals surface area contributed by atoms with Crippen molar-refractivity contribution < 1.29 is 4.79 Å². The van der Waals surface area contributed by atoms with Crippen LogP contribution in [0.15, 0.2) is 47.5 Å². The smallest absolute Gasteiger partial charge is 0.237 e. The van der Waals surface area contributed by atoms with Crippen molar-refractivity contribution in [1.29, 1.82) is 0 Å². The highest BCUT2D eigenvalue weighted by molar-refractivity contribution is 8.00. The molecule has 2 aromatic rings. The average molecular weight is 362 g/mol. The number of halogens is 1. The third-order valence-corrected chi connectivity index (χ3v) is 5.31. The molecule has 0 unspecified atom stereocenters. The normalized spacial score (nSPS) is 15.3. The molecule has 4 nitrogen and oxygen atoms in total. The maximum absolute atomic E-state index is 12.5. The summed E-state index contributed by atoms with van der Waals surface area (Å²) in [6, 6.07) is 11.3. The van der Waals surface area contributed by atoms with Crippen molar-refractivity contribution in [2.45, 2.75) is 29.9 Å². The lowest BCUT2D eigenvalue weighted by Crippen LogP contribution is -2.26. The summed E-state index contributed by atoms with van der Waals surface area (Å²) in [4.78, 5) is 20.3. The lowest BCUT2D eigenvalue weighted by Gasteiger charge is -2.21. The fourth-order valence-electron chi connectivity index (χ4n) is 2.68. The first-order chi connectivity index (χ1) is 11.6. The molecule has 24 heavy (non-hydrogen) atoms. The number of hydrogen-bond acceptors (Lipinski definition) is 4. The number of hydrogen-bond donors (Lipinski definition) is 1. The van der Waals surface area contributed by atoms with Crippen molar-refractivity contribution in [3.8, 4) is 0 Å². The molecule has 1 N–H and O–H groups in total. The Morgan fingerprint density at radius 3 is 2.67 bits per heavy atom. The van der Waals surface area contributed by atoms with Gasteiger partial charge in [-0.1, -0.05) is 11.6 Å². The lowest BCUT2D eigenvalue weighted by atomic mass is 10.3. The van der Waals surface area contributed by atoms with E-state index in [1.165, 1.54) is 24.6 Å². The minimum Gasteiger partial charge on any atom is -0.355 e. The first-order valence-electron chi connectivity index (χ1n) is 8.06. The van der Waals surface area contributed by atoms with Gasteiger partial charge in [-0.15, -0.1) is 11.8 Å². The number of anilines is 2. The van der Waals surface area contributed by atoms with Crippen LogP contribution in [0.5, 0.6) is 0 Å². The first kappa shape index (κ1) is 17.1. The molecule has 1 atom stereocenters. The fourth-order valence-corrected chi connectivity index (χ4v) is 3.67. The van der Waals surface area contributed by atoms with E-state index >= 15 is 0 Å². The van der Waals surface area contributed by atoms with Crippen LogP contribution in [0, 0.1) is 0 Å². The van der Waals surface area contributed by atoms with Crippen LogP contribution in [0.25, 0.3) is 0 Å². The minimum absolute atomic E-state index is 0.0246. The zero-order valence-electron chi connectivity index (χ0n) is 13.5. The summed E-state index contributed by atoms with van der Waals surface area (Å²) >= 11 is 7.41. The number of amides is 1. The molecule has 1 saturated heterocycles. The molecule has 1 aliphatic rings. The number of pyridine rings is 1. The highest BCUT2D eigenvalue weighted by Gasteiger charge is 2.20. The van der Waals surface area contributed by atoms with Gasteiger partial charge in [-0.3, -0.25) is 4.79 Å². The third kappa shape index (κ3) is 4.22. The number of thioether (sulfide) groups is 1. The second-order valence-corrected chi connectivity index (χ2v) is 7.62. The minimum atomic E-state index is -0.210. The number of rotatable bonds is 5. The summed E-state index contributed by atoms with van der Waals surface area (Å²) in [6.45, 7) is 3.89. The van der Waals surface area contributed by atoms with Crippen LogP contribution in [-0.2, 0) is 4.79 Å². The third-order valence-electron chi connectivity index (χ3n) is 3.95. The molecule has 6 heteroatoms. The van der Waals surface area contributed by atoms with Crippen LogP contribution >= 0.6 is 23.4 Å². The fraction of sp³-hybridized carbons (Fsp3) is 0.333. The molecule has 1 amide bonds. The topological polar surface area (TPSA) is 45.2 Å². The van der Waals surface area contributed by atoms with E-state index in [1.807, 2.05) is 43.3 Å². The van der Waals surface area contributed by atoms with Crippen molar-refractivity contribution in [3.05, 3.63) is 47.6 Å². The Labute approximate surface area is 151 Å². The summed E-state index contributed by atoms with van der Waals surface area (Å²) in [7, 11) is 0. The van der Waals surface area contributed by atoms with Crippen LogP contribution in [0.2, 0.25) is 5.02 Å². The van der Waals surface area contributed by atoms with E-state index in [2.05, 4.69) is 15.2 Å². The van der Waals surface area contributed by atoms with Crippen molar-refractivity contribution in [3.63, 3.8) is 0 Å². The van der Waals surface area contributed by atoms with Gasteiger partial charge in [0.05, 0.1) is 10.9 Å². The standard InChI is InChI=1S/C18H20ClN3OS/c1-13(24-15-8-6-14(19)7-9-15)18(23)21-16-5-4-10-20-17(16)22-11-2-3-12-22/h4-10,13H,2-3,11-12H2,1H3,(H,21,23)/t13-/m0/s1. The van der Waals surface area contributed by atoms with Gasteiger partial charge in [-0.05, 0) is 56.2 Å². The SMILES string of the molecule is C[C@H](Sc1ccc(Cl)cc1)C(=O)Nc1cccnc1N1CCCC1. The summed E-state index contributed by atoms with van der Waals surface area (Å²) in [6.07, 6.45) is 4.12. The largest absolute Gasteiger partial charge is 0.355 e. The Morgan fingerprint density at radius 2 is 1.96 bits per heavy atom. The Balaban J connectivity index is 1.67. The molecule has 3 rings (SSSR count). The van der Waals surface area contributed by atoms with E-state index in [0.717, 1.165) is 29.5 Å². The van der Waals surface area contributed by atoms with Crippen molar-refractivity contribution >= 4 is 40.8 Å². The first-order valence-corrected chi connectivity index (χ1v) is 9.32. The summed E-state index contributed by atoms with van der Waals surface area (Å²) in [5.74, 6) is 0.843. The van der Waals surface area contributed by atoms with Crippen molar-refractivity contribution in [2.75, 3.05) is 23.3 Å². The van der Waals surface area contributed by atoms with Gasteiger partial charge in [0.15, 0.2) is 5.82 Å². The number of carbonyl (C=O) groups excluding carboxylic acids is 1. The molecule has 126 valence electrons. The van der Waals surface area contributed by atoms with E-state index in [-0.39, 0.29) is 11.2 Å². The second-order valence-electron chi connectivity index (χ2n) is 5.77. The van der Waals surface area contributed by atoms with Gasteiger partial charge < -0.3 is 10.2 Å². The molecule has 1 aromatic carbocycles. The van der Waals surface area contributed by atoms with E-state index in [9.17, 15) is 4.79 Å². The summed E-state index contributed by atoms with van der Waals surface area (Å²) in [5, 5.41) is 3.51. The Bertz CT molecular complexity index is 702. The zero-order valence-corrected chi connectivity index (χ0v) is 15.1. The lowest BCUT2D eigenvalue weighted by molar-refractivity contribution is -0.115. The molecule has 0 spiro atoms. The van der Waals surface area contributed by atoms with Crippen molar-refractivity contribution in [1.82, 2.24) is 4.98 Å². The van der Waals surface area contributed by atoms with E-state index in [1.54, 1.807) is 6.20 Å². The van der Waals surface area contributed by atoms with Crippen LogP contribution < -0.4 is 10.2 Å². The van der Waals surface area contributed by atoms with Crippen LogP contribution in [0.4, 0.5) is 11.5 Å². The van der Waals surface area contributed by atoms with Gasteiger partial charge in [0.25, 0.3) is 0 Å². The number of nitrogens with zero attached hydrogens (tertiary/aromatic N) is 2. The van der Waals surface area contributed by atoms with Crippen molar-refractivity contribution in [2.24, 2.45) is 0 Å². The molecule has 1 aliphatic heterocycles. The molecule has 0 radical (unpaired) electrons. The summed E-state index contributed by atoms with van der Waals surface area (Å²) in [5.41, 5.74) is 0.785. The molecule has 0 bridgehead atoms. The van der Waals surface area contributed by atoms with Gasteiger partial charge in [-0.2, -0.15) is 0 Å². The maximum Gasteiger partial charge on any atom is 0.237 e. The zero-order chi connectivity index (χ0) is 16.9. The molecule has 2 heterocycles. The number of nitrogens with one attached hydrogen (secondary N) is 1. The highest BCUT2D eigenvalue weighted by atomic mass is 35.5. The Morgan fingerprint density at radius 1 is 1.25 bits per heavy atom. The van der Waals surface area contributed by atoms with E-state index in [4.69, 9.17) is 11.6 Å². The molecule has 1 aromatic heterocycles. The Kier molecular flexibility index (Phi) is 5.63. The number of benzene rings is 1. The predicted molar refractivity (Wildman–Crippen MR) is 101 cm³/mol. The second kappa shape index (κ2) is 7.90. The highest BCUT2D eigenvalue weighted by Crippen LogP contribution is 2.29. The number of aromatic nitrogens is 1. The van der Waals surface area contributed by atoms with Crippen LogP contribution in [-0.4, -0.2) is 29.2 Å². The average Bonchev–Trinajstić information content (AvgIpc) is 3.11. The van der Waals surface area contributed by atoms with Crippen LogP contribution in [0.1, 0.15) is 19.8 Å². The van der Waals surface area contributed by atoms with E-state index < -0.39 is 0 Å². The molecule has 0 aliphatic carbocycles. The van der Waals surface area contributed by atoms with Gasteiger partial charge >= 0.3 is 0 Å². The van der Waals surface area contributed by atoms with Gasteiger partial charge in [0.2, 0.25) is 5.91 Å². The monoisotopic (exact) mass is 361 g/mol. The van der Waals surface area contributed by atoms with Gasteiger partial charge in [0.1, 0.15) is 0 Å². The molecule has 1 fully saturated rings. The predicted octanol–water partition coefficient (Wildman–Crippen LogP) is 4.45. The maximum atomic E-state index is 12.5. The number of carbonyl (C=O) groups is 1. The summed E-state index contributed by atoms with van der Waals surface area (Å²) < 4.78 is 0. The van der Waals surface area contributed by atoms with Crippen LogP contribution in [0.3, 0.4) is 0 Å². The molecular formula is C18H20ClN3OS. The van der Waals surface area contributed by atoms with E-state index in [0.29, 0.717) is 5.02 Å². The molecule has 0 saturated carbocycles. The molecular weight excluding hydrogens is 342 g/mol. The van der Waals surface area contributed by atoms with Gasteiger partial charge in [0, 0.05) is 29.2 Å².